The molecule has 1 heterocycles. The number of Topliss-reactive ketones (excluding diaryl/α,β-unsaturated/α-hetero) is 1. The van der Waals surface area contributed by atoms with Crippen LogP contribution < -0.4 is 0 Å². The van der Waals surface area contributed by atoms with Gasteiger partial charge >= 0.3 is 0 Å². The molecular formula is C14H15BrFNO2. The predicted octanol–water partition coefficient (Wildman–Crippen LogP) is 3.17. The standard InChI is InChI=1S/C14H15BrFNO2/c1-9(18)7-11-3-2-6-17(11)14(19)12-8-10(15)4-5-13(12)16/h4-5,8,11H,2-3,6-7H2,1H3. The number of ketones is 1. The molecule has 0 aromatic heterocycles. The lowest BCUT2D eigenvalue weighted by atomic mass is 10.1. The molecule has 0 spiro atoms. The lowest BCUT2D eigenvalue weighted by Gasteiger charge is -2.24. The van der Waals surface area contributed by atoms with Crippen molar-refractivity contribution in [3.8, 4) is 0 Å². The van der Waals surface area contributed by atoms with Crippen LogP contribution in [0.4, 0.5) is 4.39 Å². The zero-order valence-electron chi connectivity index (χ0n) is 10.7. The smallest absolute Gasteiger partial charge is 0.257 e. The molecule has 0 aliphatic carbocycles. The second kappa shape index (κ2) is 5.82. The number of rotatable bonds is 3. The summed E-state index contributed by atoms with van der Waals surface area (Å²) in [7, 11) is 0. The highest BCUT2D eigenvalue weighted by Crippen LogP contribution is 2.25. The van der Waals surface area contributed by atoms with Gasteiger partial charge in [0, 0.05) is 23.5 Å². The number of hydrogen-bond acceptors (Lipinski definition) is 2. The summed E-state index contributed by atoms with van der Waals surface area (Å²) in [6.07, 6.45) is 2.02. The number of benzene rings is 1. The fraction of sp³-hybridized carbons (Fsp3) is 0.429. The van der Waals surface area contributed by atoms with Gasteiger partial charge in [0.2, 0.25) is 0 Å². The van der Waals surface area contributed by atoms with E-state index in [0.29, 0.717) is 17.4 Å². The lowest BCUT2D eigenvalue weighted by molar-refractivity contribution is -0.117. The zero-order valence-corrected chi connectivity index (χ0v) is 12.2. The number of carbonyl (C=O) groups excluding carboxylic acids is 2. The highest BCUT2D eigenvalue weighted by Gasteiger charge is 2.31. The molecule has 3 nitrogen and oxygen atoms in total. The third-order valence-electron chi connectivity index (χ3n) is 3.32. The first-order valence-corrected chi connectivity index (χ1v) is 7.04. The molecule has 1 aliphatic heterocycles. The molecule has 1 saturated heterocycles. The van der Waals surface area contributed by atoms with Gasteiger partial charge in [-0.25, -0.2) is 4.39 Å². The zero-order chi connectivity index (χ0) is 14.0. The first kappa shape index (κ1) is 14.2. The highest BCUT2D eigenvalue weighted by molar-refractivity contribution is 9.10. The molecule has 1 aromatic rings. The van der Waals surface area contributed by atoms with E-state index in [2.05, 4.69) is 15.9 Å². The van der Waals surface area contributed by atoms with E-state index in [1.807, 2.05) is 0 Å². The fourth-order valence-corrected chi connectivity index (χ4v) is 2.82. The van der Waals surface area contributed by atoms with Gasteiger partial charge in [0.05, 0.1) is 5.56 Å². The Morgan fingerprint density at radius 1 is 1.47 bits per heavy atom. The van der Waals surface area contributed by atoms with E-state index in [4.69, 9.17) is 0 Å². The van der Waals surface area contributed by atoms with Gasteiger partial charge in [-0.2, -0.15) is 0 Å². The molecule has 5 heteroatoms. The van der Waals surface area contributed by atoms with Gasteiger partial charge in [0.25, 0.3) is 5.91 Å². The molecule has 102 valence electrons. The van der Waals surface area contributed by atoms with Gasteiger partial charge in [-0.15, -0.1) is 0 Å². The van der Waals surface area contributed by atoms with Crippen LogP contribution in [0.15, 0.2) is 22.7 Å². The van der Waals surface area contributed by atoms with E-state index >= 15 is 0 Å². The minimum absolute atomic E-state index is 0.0550. The minimum Gasteiger partial charge on any atom is -0.335 e. The van der Waals surface area contributed by atoms with Crippen molar-refractivity contribution in [1.82, 2.24) is 4.90 Å². The van der Waals surface area contributed by atoms with Crippen molar-refractivity contribution >= 4 is 27.6 Å². The Morgan fingerprint density at radius 2 is 2.21 bits per heavy atom. The van der Waals surface area contributed by atoms with Crippen molar-refractivity contribution in [2.45, 2.75) is 32.2 Å². The van der Waals surface area contributed by atoms with E-state index in [1.54, 1.807) is 11.0 Å². The number of likely N-dealkylation sites (tertiary alicyclic amines) is 1. The quantitative estimate of drug-likeness (QED) is 0.855. The summed E-state index contributed by atoms with van der Waals surface area (Å²) in [6.45, 7) is 2.10. The second-order valence-electron chi connectivity index (χ2n) is 4.82. The number of nitrogens with zero attached hydrogens (tertiary/aromatic N) is 1. The first-order valence-electron chi connectivity index (χ1n) is 6.24. The SMILES string of the molecule is CC(=O)CC1CCCN1C(=O)c1cc(Br)ccc1F. The molecule has 1 atom stereocenters. The summed E-state index contributed by atoms with van der Waals surface area (Å²) in [5, 5.41) is 0. The molecule has 1 unspecified atom stereocenters. The van der Waals surface area contributed by atoms with Crippen molar-refractivity contribution in [2.75, 3.05) is 6.54 Å². The average molecular weight is 328 g/mol. The third kappa shape index (κ3) is 3.21. The normalized spacial score (nSPS) is 18.7. The second-order valence-corrected chi connectivity index (χ2v) is 5.74. The highest BCUT2D eigenvalue weighted by atomic mass is 79.9. The Labute approximate surface area is 119 Å². The molecule has 1 amide bonds. The summed E-state index contributed by atoms with van der Waals surface area (Å²) in [5.41, 5.74) is 0.0600. The summed E-state index contributed by atoms with van der Waals surface area (Å²) in [5.74, 6) is -0.802. The molecule has 19 heavy (non-hydrogen) atoms. The van der Waals surface area contributed by atoms with Crippen molar-refractivity contribution < 1.29 is 14.0 Å². The number of amides is 1. The van der Waals surface area contributed by atoms with E-state index in [-0.39, 0.29) is 23.3 Å². The summed E-state index contributed by atoms with van der Waals surface area (Å²) in [4.78, 5) is 25.2. The first-order chi connectivity index (χ1) is 8.99. The maximum Gasteiger partial charge on any atom is 0.257 e. The monoisotopic (exact) mass is 327 g/mol. The predicted molar refractivity (Wildman–Crippen MR) is 73.5 cm³/mol. The Bertz CT molecular complexity index is 518. The van der Waals surface area contributed by atoms with Crippen LogP contribution in [0.1, 0.15) is 36.5 Å². The molecule has 0 saturated carbocycles. The molecule has 0 radical (unpaired) electrons. The number of carbonyl (C=O) groups is 2. The maximum atomic E-state index is 13.7. The van der Waals surface area contributed by atoms with Crippen LogP contribution in [0.2, 0.25) is 0 Å². The molecule has 1 aromatic carbocycles. The van der Waals surface area contributed by atoms with Gasteiger partial charge in [0.15, 0.2) is 0 Å². The van der Waals surface area contributed by atoms with E-state index in [9.17, 15) is 14.0 Å². The van der Waals surface area contributed by atoms with Gasteiger partial charge in [0.1, 0.15) is 11.6 Å². The van der Waals surface area contributed by atoms with Crippen LogP contribution in [0.5, 0.6) is 0 Å². The van der Waals surface area contributed by atoms with Gasteiger partial charge in [-0.3, -0.25) is 9.59 Å². The van der Waals surface area contributed by atoms with Crippen molar-refractivity contribution in [1.29, 1.82) is 0 Å². The summed E-state index contributed by atoms with van der Waals surface area (Å²) in [6, 6.07) is 4.22. The van der Waals surface area contributed by atoms with Gasteiger partial charge < -0.3 is 4.90 Å². The van der Waals surface area contributed by atoms with E-state index in [1.165, 1.54) is 19.1 Å². The average Bonchev–Trinajstić information content (AvgIpc) is 2.78. The maximum absolute atomic E-state index is 13.7. The fourth-order valence-electron chi connectivity index (χ4n) is 2.46. The Kier molecular flexibility index (Phi) is 4.34. The Hall–Kier alpha value is -1.23. The Morgan fingerprint density at radius 3 is 2.89 bits per heavy atom. The van der Waals surface area contributed by atoms with Crippen molar-refractivity contribution in [2.24, 2.45) is 0 Å². The third-order valence-corrected chi connectivity index (χ3v) is 3.81. The van der Waals surface area contributed by atoms with Crippen LogP contribution in [0, 0.1) is 5.82 Å². The minimum atomic E-state index is -0.526. The van der Waals surface area contributed by atoms with Gasteiger partial charge in [-0.05, 0) is 38.0 Å². The molecular weight excluding hydrogens is 313 g/mol. The molecule has 0 N–H and O–H groups in total. The largest absolute Gasteiger partial charge is 0.335 e. The van der Waals surface area contributed by atoms with Crippen LogP contribution in [0.25, 0.3) is 0 Å². The molecule has 2 rings (SSSR count). The molecule has 0 bridgehead atoms. The number of halogens is 2. The molecule has 1 aliphatic rings. The van der Waals surface area contributed by atoms with Crippen LogP contribution in [-0.4, -0.2) is 29.2 Å². The summed E-state index contributed by atoms with van der Waals surface area (Å²) < 4.78 is 14.4. The van der Waals surface area contributed by atoms with Crippen LogP contribution in [0.3, 0.4) is 0 Å². The summed E-state index contributed by atoms with van der Waals surface area (Å²) >= 11 is 3.24. The molecule has 1 fully saturated rings. The van der Waals surface area contributed by atoms with Crippen molar-refractivity contribution in [3.63, 3.8) is 0 Å². The van der Waals surface area contributed by atoms with E-state index in [0.717, 1.165) is 12.8 Å². The van der Waals surface area contributed by atoms with Crippen LogP contribution in [-0.2, 0) is 4.79 Å². The topological polar surface area (TPSA) is 37.4 Å². The Balaban J connectivity index is 2.23. The van der Waals surface area contributed by atoms with Crippen molar-refractivity contribution in [3.05, 3.63) is 34.1 Å². The van der Waals surface area contributed by atoms with Crippen LogP contribution >= 0.6 is 15.9 Å². The lowest BCUT2D eigenvalue weighted by Crippen LogP contribution is -2.37. The number of hydrogen-bond donors (Lipinski definition) is 0. The van der Waals surface area contributed by atoms with Gasteiger partial charge in [-0.1, -0.05) is 15.9 Å². The van der Waals surface area contributed by atoms with E-state index < -0.39 is 5.82 Å².